The highest BCUT2D eigenvalue weighted by Gasteiger charge is 2.29. The second kappa shape index (κ2) is 5.18. The molecule has 0 spiro atoms. The molecule has 2 aliphatic rings. The molecule has 0 N–H and O–H groups in total. The minimum atomic E-state index is -0.109. The van der Waals surface area contributed by atoms with Crippen LogP contribution in [-0.2, 0) is 4.79 Å². The number of carbonyl (C=O) groups is 1. The highest BCUT2D eigenvalue weighted by Crippen LogP contribution is 2.38. The van der Waals surface area contributed by atoms with E-state index in [2.05, 4.69) is 5.10 Å². The molecule has 22 heavy (non-hydrogen) atoms. The zero-order valence-corrected chi connectivity index (χ0v) is 11.8. The Hall–Kier alpha value is -2.82. The van der Waals surface area contributed by atoms with Gasteiger partial charge in [0.1, 0.15) is 0 Å². The van der Waals surface area contributed by atoms with Crippen molar-refractivity contribution in [2.45, 2.75) is 12.5 Å². The quantitative estimate of drug-likeness (QED) is 0.818. The fourth-order valence-corrected chi connectivity index (χ4v) is 2.82. The van der Waals surface area contributed by atoms with Gasteiger partial charge in [-0.3, -0.25) is 4.79 Å². The Labute approximate surface area is 127 Å². The average Bonchev–Trinajstić information content (AvgIpc) is 3.21. The Morgan fingerprint density at radius 2 is 1.91 bits per heavy atom. The molecule has 2 aliphatic heterocycles. The van der Waals surface area contributed by atoms with Crippen molar-refractivity contribution in [1.29, 1.82) is 0 Å². The fraction of sp³-hybridized carbons (Fsp3) is 0.176. The molecule has 5 nitrogen and oxygen atoms in total. The van der Waals surface area contributed by atoms with Gasteiger partial charge in [0.05, 0.1) is 11.8 Å². The molecule has 0 unspecified atom stereocenters. The molecule has 2 aromatic carbocycles. The molecule has 0 radical (unpaired) electrons. The van der Waals surface area contributed by atoms with Gasteiger partial charge in [0.2, 0.25) is 13.2 Å². The molecule has 2 heterocycles. The molecule has 0 bridgehead atoms. The number of hydrazone groups is 1. The van der Waals surface area contributed by atoms with Gasteiger partial charge < -0.3 is 9.47 Å². The lowest BCUT2D eigenvalue weighted by molar-refractivity contribution is -0.119. The summed E-state index contributed by atoms with van der Waals surface area (Å²) in [4.78, 5) is 11.4. The summed E-state index contributed by atoms with van der Waals surface area (Å²) in [6.07, 6.45) is 1.45. The van der Waals surface area contributed by atoms with Gasteiger partial charge in [-0.2, -0.15) is 5.10 Å². The largest absolute Gasteiger partial charge is 0.454 e. The van der Waals surface area contributed by atoms with Gasteiger partial charge in [-0.15, -0.1) is 0 Å². The molecule has 0 aromatic heterocycles. The first-order chi connectivity index (χ1) is 10.8. The van der Waals surface area contributed by atoms with Crippen LogP contribution < -0.4 is 9.47 Å². The zero-order chi connectivity index (χ0) is 14.9. The molecule has 0 fully saturated rings. The molecule has 0 aliphatic carbocycles. The van der Waals surface area contributed by atoms with E-state index in [0.29, 0.717) is 6.42 Å². The number of hydrogen-bond acceptors (Lipinski definition) is 4. The normalized spacial score (nSPS) is 19.2. The lowest BCUT2D eigenvalue weighted by atomic mass is 9.98. The first-order valence-corrected chi connectivity index (χ1v) is 7.11. The summed E-state index contributed by atoms with van der Waals surface area (Å²) in [5.41, 5.74) is 2.94. The molecule has 0 saturated carbocycles. The van der Waals surface area contributed by atoms with Gasteiger partial charge in [0.15, 0.2) is 11.5 Å². The van der Waals surface area contributed by atoms with Crippen LogP contribution in [0.3, 0.4) is 0 Å². The topological polar surface area (TPSA) is 51.1 Å². The fourth-order valence-electron chi connectivity index (χ4n) is 2.82. The summed E-state index contributed by atoms with van der Waals surface area (Å²) >= 11 is 0. The van der Waals surface area contributed by atoms with Crippen LogP contribution in [0.25, 0.3) is 0 Å². The lowest BCUT2D eigenvalue weighted by Gasteiger charge is -2.17. The SMILES string of the molecule is O=CN1N=C(c2ccccc2)C[C@@H]1c1ccc2c(c1)OCO2. The number of hydrogen-bond donors (Lipinski definition) is 0. The number of ether oxygens (including phenoxy) is 2. The van der Waals surface area contributed by atoms with E-state index in [9.17, 15) is 4.79 Å². The van der Waals surface area contributed by atoms with Crippen molar-refractivity contribution in [3.8, 4) is 11.5 Å². The van der Waals surface area contributed by atoms with Crippen molar-refractivity contribution < 1.29 is 14.3 Å². The summed E-state index contributed by atoms with van der Waals surface area (Å²) in [6.45, 7) is 0.243. The lowest BCUT2D eigenvalue weighted by Crippen LogP contribution is -2.17. The summed E-state index contributed by atoms with van der Waals surface area (Å²) < 4.78 is 10.7. The standard InChI is InChI=1S/C17H14N2O3/c20-10-19-15(9-14(18-19)12-4-2-1-3-5-12)13-6-7-16-17(8-13)22-11-21-16/h1-8,10,15H,9,11H2/t15-/m1/s1. The van der Waals surface area contributed by atoms with Gasteiger partial charge in [-0.1, -0.05) is 36.4 Å². The molecular formula is C17H14N2O3. The van der Waals surface area contributed by atoms with Crippen molar-refractivity contribution in [3.63, 3.8) is 0 Å². The predicted octanol–water partition coefficient (Wildman–Crippen LogP) is 2.72. The van der Waals surface area contributed by atoms with E-state index in [1.807, 2.05) is 48.5 Å². The van der Waals surface area contributed by atoms with Crippen LogP contribution in [-0.4, -0.2) is 23.9 Å². The third-order valence-corrected chi connectivity index (χ3v) is 3.94. The van der Waals surface area contributed by atoms with Gasteiger partial charge in [-0.05, 0) is 23.3 Å². The Balaban J connectivity index is 1.65. The van der Waals surface area contributed by atoms with Crippen molar-refractivity contribution >= 4 is 12.1 Å². The molecule has 0 saturated heterocycles. The Morgan fingerprint density at radius 3 is 2.73 bits per heavy atom. The van der Waals surface area contributed by atoms with Crippen LogP contribution in [0.4, 0.5) is 0 Å². The number of rotatable bonds is 3. The monoisotopic (exact) mass is 294 g/mol. The second-order valence-corrected chi connectivity index (χ2v) is 5.23. The highest BCUT2D eigenvalue weighted by atomic mass is 16.7. The Bertz CT molecular complexity index is 743. The molecule has 110 valence electrons. The van der Waals surface area contributed by atoms with Crippen LogP contribution in [0.1, 0.15) is 23.6 Å². The number of amides is 1. The van der Waals surface area contributed by atoms with Gasteiger partial charge >= 0.3 is 0 Å². The van der Waals surface area contributed by atoms with Crippen molar-refractivity contribution in [2.24, 2.45) is 5.10 Å². The summed E-state index contributed by atoms with van der Waals surface area (Å²) in [6, 6.07) is 15.6. The third-order valence-electron chi connectivity index (χ3n) is 3.94. The van der Waals surface area contributed by atoms with E-state index in [1.54, 1.807) is 0 Å². The highest BCUT2D eigenvalue weighted by molar-refractivity contribution is 6.02. The molecular weight excluding hydrogens is 280 g/mol. The van der Waals surface area contributed by atoms with Gasteiger partial charge in [0, 0.05) is 6.42 Å². The smallest absolute Gasteiger partial charge is 0.231 e. The van der Waals surface area contributed by atoms with E-state index >= 15 is 0 Å². The maximum absolute atomic E-state index is 11.4. The van der Waals surface area contributed by atoms with Crippen LogP contribution in [0.15, 0.2) is 53.6 Å². The number of fused-ring (bicyclic) bond motifs is 1. The van der Waals surface area contributed by atoms with E-state index in [1.165, 1.54) is 5.01 Å². The minimum Gasteiger partial charge on any atom is -0.454 e. The van der Waals surface area contributed by atoms with Crippen LogP contribution >= 0.6 is 0 Å². The summed E-state index contributed by atoms with van der Waals surface area (Å²) in [7, 11) is 0. The maximum atomic E-state index is 11.4. The van der Waals surface area contributed by atoms with Gasteiger partial charge in [0.25, 0.3) is 0 Å². The molecule has 1 amide bonds. The predicted molar refractivity (Wildman–Crippen MR) is 80.8 cm³/mol. The van der Waals surface area contributed by atoms with Crippen LogP contribution in [0.2, 0.25) is 0 Å². The molecule has 1 atom stereocenters. The van der Waals surface area contributed by atoms with Crippen molar-refractivity contribution in [2.75, 3.05) is 6.79 Å². The molecule has 5 heteroatoms. The average molecular weight is 294 g/mol. The minimum absolute atomic E-state index is 0.109. The maximum Gasteiger partial charge on any atom is 0.231 e. The first-order valence-electron chi connectivity index (χ1n) is 7.11. The van der Waals surface area contributed by atoms with E-state index in [0.717, 1.165) is 34.7 Å². The van der Waals surface area contributed by atoms with Crippen molar-refractivity contribution in [1.82, 2.24) is 5.01 Å². The Kier molecular flexibility index (Phi) is 3.04. The third kappa shape index (κ3) is 2.11. The van der Waals surface area contributed by atoms with E-state index < -0.39 is 0 Å². The number of nitrogens with zero attached hydrogens (tertiary/aromatic N) is 2. The second-order valence-electron chi connectivity index (χ2n) is 5.23. The van der Waals surface area contributed by atoms with E-state index in [-0.39, 0.29) is 12.8 Å². The van der Waals surface area contributed by atoms with Gasteiger partial charge in [-0.25, -0.2) is 5.01 Å². The number of benzene rings is 2. The molecule has 4 rings (SSSR count). The van der Waals surface area contributed by atoms with E-state index in [4.69, 9.17) is 9.47 Å². The van der Waals surface area contributed by atoms with Crippen molar-refractivity contribution in [3.05, 3.63) is 59.7 Å². The first kappa shape index (κ1) is 12.9. The Morgan fingerprint density at radius 1 is 1.09 bits per heavy atom. The van der Waals surface area contributed by atoms with Crippen LogP contribution in [0, 0.1) is 0 Å². The molecule has 2 aromatic rings. The summed E-state index contributed by atoms with van der Waals surface area (Å²) in [5, 5.41) is 5.91. The number of carbonyl (C=O) groups excluding carboxylic acids is 1. The summed E-state index contributed by atoms with van der Waals surface area (Å²) in [5.74, 6) is 1.46. The van der Waals surface area contributed by atoms with Crippen LogP contribution in [0.5, 0.6) is 11.5 Å². The zero-order valence-electron chi connectivity index (χ0n) is 11.8.